The predicted octanol–water partition coefficient (Wildman–Crippen LogP) is 3.05. The van der Waals surface area contributed by atoms with Gasteiger partial charge in [-0.3, -0.25) is 4.79 Å². The maximum atomic E-state index is 12.2. The fraction of sp³-hybridized carbons (Fsp3) is 0.278. The number of carbonyl (C=O) groups is 1. The molecule has 1 aromatic rings. The summed E-state index contributed by atoms with van der Waals surface area (Å²) in [6, 6.07) is 6.94. The summed E-state index contributed by atoms with van der Waals surface area (Å²) in [6.45, 7) is 1.88. The molecule has 0 saturated carbocycles. The van der Waals surface area contributed by atoms with Crippen LogP contribution in [0.25, 0.3) is 0 Å². The van der Waals surface area contributed by atoms with E-state index in [4.69, 9.17) is 9.47 Å². The number of aliphatic hydroxyl groups is 1. The van der Waals surface area contributed by atoms with Crippen molar-refractivity contribution in [3.05, 3.63) is 65.8 Å². The molecule has 0 fully saturated rings. The summed E-state index contributed by atoms with van der Waals surface area (Å²) >= 11 is 0. The number of hydrogen-bond donors (Lipinski definition) is 1. The van der Waals surface area contributed by atoms with Crippen LogP contribution >= 0.6 is 0 Å². The second-order valence-electron chi connectivity index (χ2n) is 5.41. The molecule has 1 unspecified atom stereocenters. The highest BCUT2D eigenvalue weighted by atomic mass is 16.7. The first-order valence-electron chi connectivity index (χ1n) is 7.05. The van der Waals surface area contributed by atoms with E-state index in [1.807, 2.05) is 6.08 Å². The normalized spacial score (nSPS) is 21.0. The molecule has 1 N–H and O–H groups in total. The molecule has 1 atom stereocenters. The fourth-order valence-corrected chi connectivity index (χ4v) is 2.17. The van der Waals surface area contributed by atoms with E-state index < -0.39 is 5.60 Å². The molecule has 1 aliphatic carbocycles. The predicted molar refractivity (Wildman–Crippen MR) is 84.9 cm³/mol. The van der Waals surface area contributed by atoms with Gasteiger partial charge in [0.05, 0.1) is 5.60 Å². The monoisotopic (exact) mass is 300 g/mol. The Labute approximate surface area is 130 Å². The van der Waals surface area contributed by atoms with Crippen LogP contribution in [0.15, 0.2) is 60.2 Å². The summed E-state index contributed by atoms with van der Waals surface area (Å²) in [5, 5.41) is 9.97. The first-order valence-corrected chi connectivity index (χ1v) is 7.05. The minimum atomic E-state index is -0.856. The lowest BCUT2D eigenvalue weighted by molar-refractivity contribution is 0.0510. The quantitative estimate of drug-likeness (QED) is 0.498. The minimum Gasteiger partial charge on any atom is -0.468 e. The zero-order valence-corrected chi connectivity index (χ0v) is 12.8. The molecule has 0 amide bonds. The van der Waals surface area contributed by atoms with E-state index in [2.05, 4.69) is 0 Å². The van der Waals surface area contributed by atoms with E-state index in [0.717, 1.165) is 5.57 Å². The number of ketones is 1. The number of hydrogen-bond acceptors (Lipinski definition) is 4. The van der Waals surface area contributed by atoms with Gasteiger partial charge in [-0.1, -0.05) is 36.4 Å². The Balaban J connectivity index is 2.04. The van der Waals surface area contributed by atoms with Crippen molar-refractivity contribution in [1.82, 2.24) is 0 Å². The molecule has 116 valence electrons. The largest absolute Gasteiger partial charge is 0.468 e. The summed E-state index contributed by atoms with van der Waals surface area (Å²) in [4.78, 5) is 12.2. The standard InChI is InChI=1S/C18H20O4/c1-18(20)10-4-5-14(12-18)8-9-17(19)15-6-3-7-16(11-15)22-13-21-2/h3-11,20H,12-13H2,1-2H3. The van der Waals surface area contributed by atoms with Crippen LogP contribution in [0.1, 0.15) is 23.7 Å². The Morgan fingerprint density at radius 3 is 3.00 bits per heavy atom. The van der Waals surface area contributed by atoms with Gasteiger partial charge in [0.2, 0.25) is 0 Å². The molecule has 0 aromatic heterocycles. The van der Waals surface area contributed by atoms with E-state index in [-0.39, 0.29) is 12.6 Å². The number of rotatable bonds is 6. The van der Waals surface area contributed by atoms with Crippen molar-refractivity contribution in [3.63, 3.8) is 0 Å². The molecule has 0 spiro atoms. The molecule has 2 rings (SSSR count). The van der Waals surface area contributed by atoms with Crippen molar-refractivity contribution in [2.24, 2.45) is 0 Å². The number of carbonyl (C=O) groups excluding carboxylic acids is 1. The molecule has 4 heteroatoms. The Kier molecular flexibility index (Phi) is 5.31. The molecular formula is C18H20O4. The number of methoxy groups -OCH3 is 1. The van der Waals surface area contributed by atoms with Gasteiger partial charge in [0.1, 0.15) is 5.75 Å². The van der Waals surface area contributed by atoms with Crippen LogP contribution < -0.4 is 4.74 Å². The van der Waals surface area contributed by atoms with Crippen LogP contribution in [0.2, 0.25) is 0 Å². The second-order valence-corrected chi connectivity index (χ2v) is 5.41. The first-order chi connectivity index (χ1) is 10.5. The molecule has 0 heterocycles. The van der Waals surface area contributed by atoms with Crippen LogP contribution in [-0.4, -0.2) is 30.4 Å². The van der Waals surface area contributed by atoms with Gasteiger partial charge < -0.3 is 14.6 Å². The molecule has 1 aromatic carbocycles. The van der Waals surface area contributed by atoms with Crippen LogP contribution in [0, 0.1) is 0 Å². The smallest absolute Gasteiger partial charge is 0.188 e. The van der Waals surface area contributed by atoms with Gasteiger partial charge in [0.15, 0.2) is 12.6 Å². The molecule has 4 nitrogen and oxygen atoms in total. The third-order valence-electron chi connectivity index (χ3n) is 3.24. The van der Waals surface area contributed by atoms with E-state index >= 15 is 0 Å². The van der Waals surface area contributed by atoms with Gasteiger partial charge in [-0.05, 0) is 30.7 Å². The Morgan fingerprint density at radius 1 is 1.45 bits per heavy atom. The van der Waals surface area contributed by atoms with Crippen LogP contribution in [0.3, 0.4) is 0 Å². The second kappa shape index (κ2) is 7.20. The lowest BCUT2D eigenvalue weighted by Crippen LogP contribution is -2.22. The Hall–Kier alpha value is -2.17. The van der Waals surface area contributed by atoms with E-state index in [1.165, 1.54) is 6.08 Å². The molecule has 0 saturated heterocycles. The van der Waals surface area contributed by atoms with Crippen LogP contribution in [-0.2, 0) is 4.74 Å². The van der Waals surface area contributed by atoms with Crippen molar-refractivity contribution in [3.8, 4) is 5.75 Å². The molecular weight excluding hydrogens is 280 g/mol. The fourth-order valence-electron chi connectivity index (χ4n) is 2.17. The van der Waals surface area contributed by atoms with Gasteiger partial charge in [0.25, 0.3) is 0 Å². The SMILES string of the molecule is COCOc1cccc(C(=O)C=CC2=CC=CC(C)(O)C2)c1. The summed E-state index contributed by atoms with van der Waals surface area (Å²) in [5.74, 6) is 0.474. The maximum Gasteiger partial charge on any atom is 0.188 e. The zero-order valence-electron chi connectivity index (χ0n) is 12.8. The molecule has 0 bridgehead atoms. The third-order valence-corrected chi connectivity index (χ3v) is 3.24. The molecule has 1 aliphatic rings. The van der Waals surface area contributed by atoms with Crippen molar-refractivity contribution in [2.75, 3.05) is 13.9 Å². The lowest BCUT2D eigenvalue weighted by Gasteiger charge is -2.22. The van der Waals surface area contributed by atoms with E-state index in [1.54, 1.807) is 56.5 Å². The summed E-state index contributed by atoms with van der Waals surface area (Å²) in [5.41, 5.74) is 0.599. The van der Waals surface area contributed by atoms with Crippen molar-refractivity contribution in [2.45, 2.75) is 18.9 Å². The zero-order chi connectivity index (χ0) is 16.0. The first kappa shape index (κ1) is 16.2. The average molecular weight is 300 g/mol. The van der Waals surface area contributed by atoms with Crippen molar-refractivity contribution in [1.29, 1.82) is 0 Å². The van der Waals surface area contributed by atoms with E-state index in [0.29, 0.717) is 17.7 Å². The molecule has 22 heavy (non-hydrogen) atoms. The van der Waals surface area contributed by atoms with Gasteiger partial charge in [-0.15, -0.1) is 0 Å². The Morgan fingerprint density at radius 2 is 2.27 bits per heavy atom. The Bertz CT molecular complexity index is 624. The molecule has 0 radical (unpaired) electrons. The maximum absolute atomic E-state index is 12.2. The summed E-state index contributed by atoms with van der Waals surface area (Å²) in [7, 11) is 1.54. The van der Waals surface area contributed by atoms with Crippen LogP contribution in [0.5, 0.6) is 5.75 Å². The van der Waals surface area contributed by atoms with Gasteiger partial charge >= 0.3 is 0 Å². The van der Waals surface area contributed by atoms with Gasteiger partial charge in [-0.25, -0.2) is 0 Å². The minimum absolute atomic E-state index is 0.113. The van der Waals surface area contributed by atoms with Crippen molar-refractivity contribution < 1.29 is 19.4 Å². The number of benzene rings is 1. The van der Waals surface area contributed by atoms with Crippen molar-refractivity contribution >= 4 is 5.78 Å². The lowest BCUT2D eigenvalue weighted by atomic mass is 9.91. The van der Waals surface area contributed by atoms with Gasteiger partial charge in [-0.2, -0.15) is 0 Å². The third kappa shape index (κ3) is 4.69. The summed E-state index contributed by atoms with van der Waals surface area (Å²) < 4.78 is 10.1. The number of allylic oxidation sites excluding steroid dienone is 4. The highest BCUT2D eigenvalue weighted by Crippen LogP contribution is 2.23. The van der Waals surface area contributed by atoms with Gasteiger partial charge in [0, 0.05) is 19.1 Å². The average Bonchev–Trinajstić information content (AvgIpc) is 2.50. The topological polar surface area (TPSA) is 55.8 Å². The van der Waals surface area contributed by atoms with Crippen LogP contribution in [0.4, 0.5) is 0 Å². The molecule has 0 aliphatic heterocycles. The van der Waals surface area contributed by atoms with E-state index in [9.17, 15) is 9.90 Å². The highest BCUT2D eigenvalue weighted by Gasteiger charge is 2.19. The summed E-state index contributed by atoms with van der Waals surface area (Å²) in [6.07, 6.45) is 9.17. The highest BCUT2D eigenvalue weighted by molar-refractivity contribution is 6.05. The number of ether oxygens (including phenoxy) is 2.